The molecule has 9 heteroatoms. The summed E-state index contributed by atoms with van der Waals surface area (Å²) in [5.41, 5.74) is 3.96. The van der Waals surface area contributed by atoms with E-state index in [0.29, 0.717) is 28.0 Å². The first-order valence-electron chi connectivity index (χ1n) is 8.31. The predicted octanol–water partition coefficient (Wildman–Crippen LogP) is 3.40. The van der Waals surface area contributed by atoms with E-state index in [9.17, 15) is 4.79 Å². The molecule has 8 nitrogen and oxygen atoms in total. The van der Waals surface area contributed by atoms with E-state index in [-0.39, 0.29) is 5.91 Å². The minimum Gasteiger partial charge on any atom is -0.447 e. The largest absolute Gasteiger partial charge is 0.447 e. The maximum absolute atomic E-state index is 12.2. The fraction of sp³-hybridized carbons (Fsp3) is 0.158. The molecule has 1 N–H and O–H groups in total. The van der Waals surface area contributed by atoms with E-state index in [1.165, 1.54) is 12.5 Å². The van der Waals surface area contributed by atoms with Crippen LogP contribution in [-0.2, 0) is 4.74 Å². The Bertz CT molecular complexity index is 1040. The average Bonchev–Trinajstić information content (AvgIpc) is 3.13. The van der Waals surface area contributed by atoms with Crippen LogP contribution in [0.3, 0.4) is 0 Å². The first-order valence-corrected chi connectivity index (χ1v) is 9.09. The lowest BCUT2D eigenvalue weighted by molar-refractivity contribution is 0.102. The lowest BCUT2D eigenvalue weighted by Gasteiger charge is -2.10. The minimum atomic E-state index is -0.307. The van der Waals surface area contributed by atoms with Crippen molar-refractivity contribution in [2.24, 2.45) is 4.99 Å². The van der Waals surface area contributed by atoms with Gasteiger partial charge in [0.15, 0.2) is 5.82 Å². The molecule has 0 radical (unpaired) electrons. The van der Waals surface area contributed by atoms with Crippen molar-refractivity contribution in [3.8, 4) is 11.3 Å². The third-order valence-corrected chi connectivity index (χ3v) is 4.74. The van der Waals surface area contributed by atoms with Gasteiger partial charge in [-0.3, -0.25) is 14.8 Å². The van der Waals surface area contributed by atoms with Crippen molar-refractivity contribution >= 4 is 29.2 Å². The van der Waals surface area contributed by atoms with Gasteiger partial charge in [-0.25, -0.2) is 4.98 Å². The Morgan fingerprint density at radius 2 is 2.11 bits per heavy atom. The lowest BCUT2D eigenvalue weighted by atomic mass is 10.0. The third-order valence-electron chi connectivity index (χ3n) is 3.91. The van der Waals surface area contributed by atoms with Gasteiger partial charge < -0.3 is 10.1 Å². The van der Waals surface area contributed by atoms with Gasteiger partial charge in [-0.15, -0.1) is 5.10 Å². The molecule has 0 aliphatic carbocycles. The minimum absolute atomic E-state index is 0.307. The third kappa shape index (κ3) is 4.09. The molecule has 142 valence electrons. The number of hydrogen-bond acceptors (Lipinski definition) is 8. The summed E-state index contributed by atoms with van der Waals surface area (Å²) in [5.74, 6) is 0.501. The van der Waals surface area contributed by atoms with Gasteiger partial charge in [0.1, 0.15) is 4.88 Å². The maximum Gasteiger partial charge on any atom is 0.270 e. The predicted molar refractivity (Wildman–Crippen MR) is 109 cm³/mol. The van der Waals surface area contributed by atoms with Crippen LogP contribution in [0.5, 0.6) is 0 Å². The van der Waals surface area contributed by atoms with Gasteiger partial charge >= 0.3 is 0 Å². The highest BCUT2D eigenvalue weighted by atomic mass is 32.1. The van der Waals surface area contributed by atoms with E-state index in [1.54, 1.807) is 20.2 Å². The Balaban J connectivity index is 1.84. The smallest absolute Gasteiger partial charge is 0.270 e. The number of nitrogens with zero attached hydrogens (tertiary/aromatic N) is 5. The Kier molecular flexibility index (Phi) is 5.85. The van der Waals surface area contributed by atoms with E-state index in [2.05, 4.69) is 36.4 Å². The van der Waals surface area contributed by atoms with E-state index >= 15 is 0 Å². The zero-order valence-corrected chi connectivity index (χ0v) is 16.4. The molecule has 0 fully saturated rings. The zero-order chi connectivity index (χ0) is 20.1. The number of carbonyl (C=O) groups excluding carboxylic acids is 1. The number of nitrogens with one attached hydrogen (secondary N) is 1. The molecule has 0 bridgehead atoms. The zero-order valence-electron chi connectivity index (χ0n) is 15.6. The van der Waals surface area contributed by atoms with Crippen molar-refractivity contribution in [3.63, 3.8) is 0 Å². The fourth-order valence-corrected chi connectivity index (χ4v) is 3.06. The Morgan fingerprint density at radius 3 is 2.71 bits per heavy atom. The van der Waals surface area contributed by atoms with Gasteiger partial charge in [0, 0.05) is 18.2 Å². The average molecular weight is 394 g/mol. The van der Waals surface area contributed by atoms with Crippen LogP contribution in [0.15, 0.2) is 48.4 Å². The molecule has 28 heavy (non-hydrogen) atoms. The van der Waals surface area contributed by atoms with Crippen molar-refractivity contribution in [2.45, 2.75) is 13.8 Å². The summed E-state index contributed by atoms with van der Waals surface area (Å²) in [5, 5.41) is 6.53. The molecule has 3 rings (SSSR count). The van der Waals surface area contributed by atoms with E-state index < -0.39 is 0 Å². The van der Waals surface area contributed by atoms with Gasteiger partial charge in [0.2, 0.25) is 5.90 Å². The number of anilines is 1. The SMILES string of the molecule is C=COC(=NC)c1ccc(C)c(-c2cnc(NC(=O)c3snnc3C)cn2)c1. The first-order chi connectivity index (χ1) is 13.5. The number of aryl methyl sites for hydroxylation is 2. The topological polar surface area (TPSA) is 102 Å². The van der Waals surface area contributed by atoms with Crippen LogP contribution in [0.4, 0.5) is 5.82 Å². The van der Waals surface area contributed by atoms with Crippen LogP contribution >= 0.6 is 11.5 Å². The highest BCUT2D eigenvalue weighted by molar-refractivity contribution is 7.08. The number of benzene rings is 1. The summed E-state index contributed by atoms with van der Waals surface area (Å²) in [7, 11) is 1.65. The van der Waals surface area contributed by atoms with Crippen LogP contribution in [0.2, 0.25) is 0 Å². The van der Waals surface area contributed by atoms with Crippen molar-refractivity contribution < 1.29 is 9.53 Å². The molecule has 0 atom stereocenters. The lowest BCUT2D eigenvalue weighted by Crippen LogP contribution is -2.13. The molecular formula is C19H18N6O2S. The summed E-state index contributed by atoms with van der Waals surface area (Å²) in [6.45, 7) is 7.27. The maximum atomic E-state index is 12.2. The van der Waals surface area contributed by atoms with Gasteiger partial charge in [-0.2, -0.15) is 0 Å². The van der Waals surface area contributed by atoms with Crippen LogP contribution < -0.4 is 5.32 Å². The van der Waals surface area contributed by atoms with Gasteiger partial charge in [0.25, 0.3) is 5.91 Å². The molecule has 0 unspecified atom stereocenters. The van der Waals surface area contributed by atoms with Crippen molar-refractivity contribution in [1.82, 2.24) is 19.6 Å². The summed E-state index contributed by atoms with van der Waals surface area (Å²) in [4.78, 5) is 25.5. The Hall–Kier alpha value is -3.46. The number of hydrogen-bond donors (Lipinski definition) is 1. The number of ether oxygens (including phenoxy) is 1. The molecule has 0 saturated carbocycles. The summed E-state index contributed by atoms with van der Waals surface area (Å²) >= 11 is 1.04. The van der Waals surface area contributed by atoms with Crippen molar-refractivity contribution in [3.05, 3.63) is 65.1 Å². The standard InChI is InChI=1S/C19H18N6O2S/c1-5-27-19(20-4)13-7-6-11(2)14(8-13)15-9-22-16(10-21-15)23-18(26)17-12(3)24-25-28-17/h5-10H,1H2,2-4H3,(H,22,23,26). The first kappa shape index (κ1) is 19.3. The van der Waals surface area contributed by atoms with E-state index in [0.717, 1.165) is 28.2 Å². The van der Waals surface area contributed by atoms with Gasteiger partial charge in [0.05, 0.1) is 30.0 Å². The number of rotatable bonds is 5. The van der Waals surface area contributed by atoms with E-state index in [4.69, 9.17) is 4.74 Å². The number of aromatic nitrogens is 4. The molecule has 3 aromatic rings. The summed E-state index contributed by atoms with van der Waals surface area (Å²) in [6, 6.07) is 5.80. The Morgan fingerprint density at radius 1 is 1.29 bits per heavy atom. The fourth-order valence-electron chi connectivity index (χ4n) is 2.50. The van der Waals surface area contributed by atoms with Crippen LogP contribution in [0, 0.1) is 13.8 Å². The molecule has 1 aromatic carbocycles. The summed E-state index contributed by atoms with van der Waals surface area (Å²) < 4.78 is 9.10. The number of aliphatic imine (C=N–C) groups is 1. The van der Waals surface area contributed by atoms with Crippen molar-refractivity contribution in [1.29, 1.82) is 0 Å². The van der Waals surface area contributed by atoms with Crippen LogP contribution in [-0.4, -0.2) is 38.4 Å². The highest BCUT2D eigenvalue weighted by Gasteiger charge is 2.15. The second kappa shape index (κ2) is 8.49. The molecule has 0 aliphatic heterocycles. The molecular weight excluding hydrogens is 376 g/mol. The quantitative estimate of drug-likeness (QED) is 0.404. The normalized spacial score (nSPS) is 11.2. The monoisotopic (exact) mass is 394 g/mol. The molecule has 0 aliphatic rings. The number of amides is 1. The second-order valence-corrected chi connectivity index (χ2v) is 6.53. The molecule has 0 spiro atoms. The van der Waals surface area contributed by atoms with Gasteiger partial charge in [-0.05, 0) is 43.1 Å². The van der Waals surface area contributed by atoms with E-state index in [1.807, 2.05) is 25.1 Å². The molecule has 1 amide bonds. The number of carbonyl (C=O) groups is 1. The molecule has 2 heterocycles. The van der Waals surface area contributed by atoms with Crippen molar-refractivity contribution in [2.75, 3.05) is 12.4 Å². The second-order valence-electron chi connectivity index (χ2n) is 5.77. The van der Waals surface area contributed by atoms with Gasteiger partial charge in [-0.1, -0.05) is 17.1 Å². The molecule has 2 aromatic heterocycles. The van der Waals surface area contributed by atoms with Crippen LogP contribution in [0.25, 0.3) is 11.3 Å². The Labute approximate surface area is 166 Å². The van der Waals surface area contributed by atoms with Crippen LogP contribution in [0.1, 0.15) is 26.5 Å². The molecule has 0 saturated heterocycles. The summed E-state index contributed by atoms with van der Waals surface area (Å²) in [6.07, 6.45) is 4.45. The highest BCUT2D eigenvalue weighted by Crippen LogP contribution is 2.24.